The molecule has 1 N–H and O–H groups in total. The monoisotopic (exact) mass is 380 g/mol. The number of hydrogen-bond acceptors (Lipinski definition) is 3. The van der Waals surface area contributed by atoms with Gasteiger partial charge in [-0.2, -0.15) is 4.31 Å². The van der Waals surface area contributed by atoms with Gasteiger partial charge in [-0.15, -0.1) is 0 Å². The van der Waals surface area contributed by atoms with Crippen molar-refractivity contribution in [2.75, 3.05) is 12.4 Å². The zero-order valence-corrected chi connectivity index (χ0v) is 15.8. The second-order valence-corrected chi connectivity index (χ2v) is 8.85. The lowest BCUT2D eigenvalue weighted by atomic mass is 10.0. The summed E-state index contributed by atoms with van der Waals surface area (Å²) in [4.78, 5) is 11.7. The number of sulfonamides is 1. The van der Waals surface area contributed by atoms with Crippen molar-refractivity contribution in [3.05, 3.63) is 71.8 Å². The van der Waals surface area contributed by atoms with Crippen molar-refractivity contribution in [2.24, 2.45) is 0 Å². The van der Waals surface area contributed by atoms with Crippen LogP contribution in [0.3, 0.4) is 0 Å². The van der Waals surface area contributed by atoms with E-state index >= 15 is 0 Å². The molecule has 1 heterocycles. The van der Waals surface area contributed by atoms with Gasteiger partial charge < -0.3 is 5.32 Å². The van der Waals surface area contributed by atoms with Crippen LogP contribution in [0.4, 0.5) is 5.69 Å². The van der Waals surface area contributed by atoms with E-state index in [1.807, 2.05) is 42.5 Å². The van der Waals surface area contributed by atoms with Gasteiger partial charge in [-0.3, -0.25) is 4.79 Å². The maximum atomic E-state index is 13.0. The zero-order valence-electron chi connectivity index (χ0n) is 15.0. The lowest BCUT2D eigenvalue weighted by Gasteiger charge is -2.21. The van der Waals surface area contributed by atoms with E-state index in [2.05, 4.69) is 5.32 Å². The molecule has 0 aromatic heterocycles. The van der Waals surface area contributed by atoms with Crippen LogP contribution in [0.25, 0.3) is 10.8 Å². The van der Waals surface area contributed by atoms with Gasteiger partial charge in [-0.25, -0.2) is 8.42 Å². The minimum absolute atomic E-state index is 0.0356. The molecule has 0 bridgehead atoms. The van der Waals surface area contributed by atoms with Crippen molar-refractivity contribution in [3.63, 3.8) is 0 Å². The van der Waals surface area contributed by atoms with Crippen LogP contribution in [-0.4, -0.2) is 25.7 Å². The van der Waals surface area contributed by atoms with Gasteiger partial charge in [0.25, 0.3) is 0 Å². The molecule has 0 fully saturated rings. The number of carbonyl (C=O) groups excluding carboxylic acids is 1. The third-order valence-electron chi connectivity index (χ3n) is 4.90. The van der Waals surface area contributed by atoms with E-state index in [9.17, 15) is 13.2 Å². The van der Waals surface area contributed by atoms with Crippen LogP contribution in [0.5, 0.6) is 0 Å². The Morgan fingerprint density at radius 1 is 0.963 bits per heavy atom. The summed E-state index contributed by atoms with van der Waals surface area (Å²) in [6, 6.07) is 18.9. The van der Waals surface area contributed by atoms with Crippen molar-refractivity contribution in [2.45, 2.75) is 24.3 Å². The van der Waals surface area contributed by atoms with Gasteiger partial charge in [0.05, 0.1) is 4.90 Å². The summed E-state index contributed by atoms with van der Waals surface area (Å²) in [5.41, 5.74) is 2.49. The summed E-state index contributed by atoms with van der Waals surface area (Å²) < 4.78 is 27.3. The van der Waals surface area contributed by atoms with Crippen LogP contribution in [0.15, 0.2) is 65.6 Å². The van der Waals surface area contributed by atoms with Gasteiger partial charge >= 0.3 is 0 Å². The van der Waals surface area contributed by atoms with E-state index in [1.165, 1.54) is 4.31 Å². The minimum Gasteiger partial charge on any atom is -0.326 e. The molecule has 1 aliphatic heterocycles. The number of amides is 1. The lowest BCUT2D eigenvalue weighted by molar-refractivity contribution is -0.116. The predicted molar refractivity (Wildman–Crippen MR) is 106 cm³/mol. The topological polar surface area (TPSA) is 66.5 Å². The maximum absolute atomic E-state index is 13.0. The molecule has 4 rings (SSSR count). The first kappa shape index (κ1) is 17.7. The number of nitrogens with one attached hydrogen (secondary N) is 1. The summed E-state index contributed by atoms with van der Waals surface area (Å²) in [6.07, 6.45) is 0.933. The Morgan fingerprint density at radius 3 is 2.56 bits per heavy atom. The SMILES string of the molecule is CN(Cc1ccc2ccccc2c1)S(=O)(=O)c1ccc2c(c1)CCC(=O)N2. The van der Waals surface area contributed by atoms with Crippen LogP contribution >= 0.6 is 0 Å². The second-order valence-electron chi connectivity index (χ2n) is 6.81. The third kappa shape index (κ3) is 3.46. The van der Waals surface area contributed by atoms with Crippen molar-refractivity contribution in [3.8, 4) is 0 Å². The van der Waals surface area contributed by atoms with E-state index in [1.54, 1.807) is 25.2 Å². The average molecular weight is 380 g/mol. The molecule has 6 heteroatoms. The molecule has 1 amide bonds. The molecule has 0 saturated carbocycles. The highest BCUT2D eigenvalue weighted by Crippen LogP contribution is 2.27. The molecule has 0 saturated heterocycles. The molecule has 1 aliphatic rings. The smallest absolute Gasteiger partial charge is 0.243 e. The number of nitrogens with zero attached hydrogens (tertiary/aromatic N) is 1. The Hall–Kier alpha value is -2.70. The molecular weight excluding hydrogens is 360 g/mol. The Balaban J connectivity index is 1.60. The summed E-state index contributed by atoms with van der Waals surface area (Å²) >= 11 is 0. The summed E-state index contributed by atoms with van der Waals surface area (Å²) in [5.74, 6) is -0.0356. The van der Waals surface area contributed by atoms with Gasteiger partial charge in [-0.1, -0.05) is 36.4 Å². The van der Waals surface area contributed by atoms with Gasteiger partial charge in [-0.05, 0) is 52.6 Å². The number of aryl methyl sites for hydroxylation is 1. The van der Waals surface area contributed by atoms with Gasteiger partial charge in [0.1, 0.15) is 0 Å². The summed E-state index contributed by atoms with van der Waals surface area (Å²) in [5, 5.41) is 4.99. The minimum atomic E-state index is -3.62. The Bertz CT molecular complexity index is 1140. The molecule has 0 spiro atoms. The Kier molecular flexibility index (Phi) is 4.45. The fourth-order valence-corrected chi connectivity index (χ4v) is 4.59. The van der Waals surface area contributed by atoms with Gasteiger partial charge in [0.15, 0.2) is 0 Å². The van der Waals surface area contributed by atoms with E-state index in [0.29, 0.717) is 25.1 Å². The second kappa shape index (κ2) is 6.79. The van der Waals surface area contributed by atoms with Crippen LogP contribution in [0.2, 0.25) is 0 Å². The molecular formula is C21H20N2O3S. The highest BCUT2D eigenvalue weighted by molar-refractivity contribution is 7.89. The Labute approximate surface area is 158 Å². The first-order valence-electron chi connectivity index (χ1n) is 8.80. The normalized spacial score (nSPS) is 14.2. The lowest BCUT2D eigenvalue weighted by Crippen LogP contribution is -2.27. The number of rotatable bonds is 4. The van der Waals surface area contributed by atoms with Crippen molar-refractivity contribution < 1.29 is 13.2 Å². The number of hydrogen-bond donors (Lipinski definition) is 1. The van der Waals surface area contributed by atoms with Crippen molar-refractivity contribution >= 4 is 32.4 Å². The molecule has 27 heavy (non-hydrogen) atoms. The highest BCUT2D eigenvalue weighted by atomic mass is 32.2. The maximum Gasteiger partial charge on any atom is 0.243 e. The molecule has 138 valence electrons. The van der Waals surface area contributed by atoms with E-state index in [0.717, 1.165) is 21.9 Å². The van der Waals surface area contributed by atoms with Crippen LogP contribution in [0, 0.1) is 0 Å². The van der Waals surface area contributed by atoms with E-state index in [-0.39, 0.29) is 10.8 Å². The first-order valence-corrected chi connectivity index (χ1v) is 10.2. The predicted octanol–water partition coefficient (Wildman–Crippen LogP) is 3.55. The molecule has 0 aliphatic carbocycles. The number of benzene rings is 3. The Morgan fingerprint density at radius 2 is 1.74 bits per heavy atom. The number of carbonyl (C=O) groups is 1. The zero-order chi connectivity index (χ0) is 19.0. The quantitative estimate of drug-likeness (QED) is 0.753. The van der Waals surface area contributed by atoms with Gasteiger partial charge in [0, 0.05) is 25.7 Å². The molecule has 0 atom stereocenters. The first-order chi connectivity index (χ1) is 12.9. The van der Waals surface area contributed by atoms with Crippen molar-refractivity contribution in [1.29, 1.82) is 0 Å². The molecule has 0 radical (unpaired) electrons. The highest BCUT2D eigenvalue weighted by Gasteiger charge is 2.24. The fraction of sp³-hybridized carbons (Fsp3) is 0.190. The summed E-state index contributed by atoms with van der Waals surface area (Å²) in [7, 11) is -2.03. The molecule has 5 nitrogen and oxygen atoms in total. The molecule has 3 aromatic rings. The average Bonchev–Trinajstić information content (AvgIpc) is 2.67. The van der Waals surface area contributed by atoms with Crippen LogP contribution in [0.1, 0.15) is 17.5 Å². The molecule has 0 unspecified atom stereocenters. The van der Waals surface area contributed by atoms with E-state index < -0.39 is 10.0 Å². The standard InChI is InChI=1S/C21H20N2O3S/c1-23(14-15-6-7-16-4-2-3-5-17(16)12-15)27(25,26)19-9-10-20-18(13-19)8-11-21(24)22-20/h2-7,9-10,12-13H,8,11,14H2,1H3,(H,22,24). The number of fused-ring (bicyclic) bond motifs is 2. The molecule has 3 aromatic carbocycles. The summed E-state index contributed by atoms with van der Waals surface area (Å²) in [6.45, 7) is 0.293. The number of anilines is 1. The third-order valence-corrected chi connectivity index (χ3v) is 6.70. The largest absolute Gasteiger partial charge is 0.326 e. The van der Waals surface area contributed by atoms with Crippen molar-refractivity contribution in [1.82, 2.24) is 4.31 Å². The van der Waals surface area contributed by atoms with Gasteiger partial charge in [0.2, 0.25) is 15.9 Å². The van der Waals surface area contributed by atoms with Crippen LogP contribution < -0.4 is 5.32 Å². The van der Waals surface area contributed by atoms with Crippen LogP contribution in [-0.2, 0) is 27.8 Å². The fourth-order valence-electron chi connectivity index (χ4n) is 3.38. The van der Waals surface area contributed by atoms with E-state index in [4.69, 9.17) is 0 Å².